The lowest BCUT2D eigenvalue weighted by Gasteiger charge is -2.30. The summed E-state index contributed by atoms with van der Waals surface area (Å²) >= 11 is 0. The largest absolute Gasteiger partial charge is 0.466 e. The standard InChI is InChI=1S/C24H36O8/c1-7-9-11-15-13-17(21(25)29-3)20(24(28)32-6)16(12-10-8-2)14-18(22(26)30-4)19(15)23(27)31-5/h15-16H,7-14H2,1-6H3/b19-18-,20-17-/t15-,16-/m1/s1. The van der Waals surface area contributed by atoms with Gasteiger partial charge in [0.15, 0.2) is 0 Å². The van der Waals surface area contributed by atoms with Gasteiger partial charge < -0.3 is 18.9 Å². The zero-order chi connectivity index (χ0) is 24.3. The first-order valence-electron chi connectivity index (χ1n) is 11.1. The molecule has 0 saturated heterocycles. The lowest BCUT2D eigenvalue weighted by Crippen LogP contribution is -2.30. The Hall–Kier alpha value is -2.64. The number of ether oxygens (including phenoxy) is 4. The van der Waals surface area contributed by atoms with Crippen molar-refractivity contribution in [3.63, 3.8) is 0 Å². The molecule has 0 saturated carbocycles. The van der Waals surface area contributed by atoms with Gasteiger partial charge in [-0.25, -0.2) is 19.2 Å². The van der Waals surface area contributed by atoms with Crippen LogP contribution in [-0.2, 0) is 38.1 Å². The van der Waals surface area contributed by atoms with E-state index in [2.05, 4.69) is 0 Å². The van der Waals surface area contributed by atoms with Gasteiger partial charge in [-0.3, -0.25) is 0 Å². The highest BCUT2D eigenvalue weighted by Gasteiger charge is 2.39. The fraction of sp³-hybridized carbons (Fsp3) is 0.667. The molecule has 0 spiro atoms. The highest BCUT2D eigenvalue weighted by Crippen LogP contribution is 2.40. The van der Waals surface area contributed by atoms with Crippen LogP contribution < -0.4 is 0 Å². The van der Waals surface area contributed by atoms with Crippen molar-refractivity contribution in [2.45, 2.75) is 65.2 Å². The van der Waals surface area contributed by atoms with Crippen molar-refractivity contribution in [1.82, 2.24) is 0 Å². The molecule has 0 aromatic rings. The fourth-order valence-electron chi connectivity index (χ4n) is 4.24. The maximum absolute atomic E-state index is 12.9. The molecule has 0 radical (unpaired) electrons. The Morgan fingerprint density at radius 1 is 0.625 bits per heavy atom. The van der Waals surface area contributed by atoms with Crippen molar-refractivity contribution in [3.8, 4) is 0 Å². The average molecular weight is 453 g/mol. The van der Waals surface area contributed by atoms with Gasteiger partial charge in [0.05, 0.1) is 39.6 Å². The van der Waals surface area contributed by atoms with Crippen molar-refractivity contribution >= 4 is 23.9 Å². The van der Waals surface area contributed by atoms with E-state index < -0.39 is 35.7 Å². The molecule has 0 aliphatic heterocycles. The van der Waals surface area contributed by atoms with Crippen molar-refractivity contribution in [2.24, 2.45) is 11.8 Å². The molecule has 0 aromatic carbocycles. The minimum atomic E-state index is -0.640. The third kappa shape index (κ3) is 6.68. The smallest absolute Gasteiger partial charge is 0.334 e. The lowest BCUT2D eigenvalue weighted by atomic mass is 9.74. The predicted octanol–water partition coefficient (Wildman–Crippen LogP) is 3.68. The topological polar surface area (TPSA) is 105 Å². The van der Waals surface area contributed by atoms with Crippen molar-refractivity contribution in [2.75, 3.05) is 28.4 Å². The number of carbonyl (C=O) groups is 4. The van der Waals surface area contributed by atoms with Crippen LogP contribution >= 0.6 is 0 Å². The summed E-state index contributed by atoms with van der Waals surface area (Å²) in [6.45, 7) is 4.01. The SMILES string of the molecule is CCCC[C@@H]1C/C(C(=O)OC)=C(/C(=O)OC)[C@H](CCCC)C/C(C(=O)OC)=C\1C(=O)OC. The minimum absolute atomic E-state index is 0.0602. The summed E-state index contributed by atoms with van der Waals surface area (Å²) in [4.78, 5) is 51.3. The van der Waals surface area contributed by atoms with Gasteiger partial charge in [-0.05, 0) is 37.5 Å². The predicted molar refractivity (Wildman–Crippen MR) is 117 cm³/mol. The Morgan fingerprint density at radius 2 is 0.938 bits per heavy atom. The molecule has 1 aliphatic rings. The molecule has 1 aliphatic carbocycles. The Bertz CT molecular complexity index is 698. The number of hydrogen-bond acceptors (Lipinski definition) is 8. The van der Waals surface area contributed by atoms with Crippen LogP contribution in [0.15, 0.2) is 22.3 Å². The van der Waals surface area contributed by atoms with Crippen LogP contribution in [0.2, 0.25) is 0 Å². The number of methoxy groups -OCH3 is 4. The summed E-state index contributed by atoms with van der Waals surface area (Å²) in [5, 5.41) is 0. The second-order valence-corrected chi connectivity index (χ2v) is 7.84. The van der Waals surface area contributed by atoms with E-state index in [4.69, 9.17) is 18.9 Å². The molecule has 8 nitrogen and oxygen atoms in total. The summed E-state index contributed by atoms with van der Waals surface area (Å²) in [6.07, 6.45) is 4.36. The van der Waals surface area contributed by atoms with Crippen LogP contribution in [0.5, 0.6) is 0 Å². The van der Waals surface area contributed by atoms with Gasteiger partial charge >= 0.3 is 23.9 Å². The van der Waals surface area contributed by atoms with E-state index in [0.29, 0.717) is 12.8 Å². The number of unbranched alkanes of at least 4 members (excludes halogenated alkanes) is 2. The quantitative estimate of drug-likeness (QED) is 0.365. The molecule has 2 atom stereocenters. The second-order valence-electron chi connectivity index (χ2n) is 7.84. The Morgan fingerprint density at radius 3 is 1.19 bits per heavy atom. The molecule has 8 heteroatoms. The van der Waals surface area contributed by atoms with Gasteiger partial charge in [-0.2, -0.15) is 0 Å². The molecule has 0 bridgehead atoms. The number of carbonyl (C=O) groups excluding carboxylic acids is 4. The van der Waals surface area contributed by atoms with E-state index in [0.717, 1.165) is 25.7 Å². The molecule has 0 amide bonds. The average Bonchev–Trinajstić information content (AvgIpc) is 2.80. The van der Waals surface area contributed by atoms with Crippen molar-refractivity contribution in [1.29, 1.82) is 0 Å². The molecule has 0 heterocycles. The van der Waals surface area contributed by atoms with Gasteiger partial charge in [0.2, 0.25) is 0 Å². The Kier molecular flexibility index (Phi) is 11.7. The zero-order valence-electron chi connectivity index (χ0n) is 20.1. The molecular weight excluding hydrogens is 416 g/mol. The van der Waals surface area contributed by atoms with E-state index in [-0.39, 0.29) is 35.1 Å². The highest BCUT2D eigenvalue weighted by atomic mass is 16.5. The first kappa shape index (κ1) is 27.4. The van der Waals surface area contributed by atoms with Gasteiger partial charge in [0, 0.05) is 11.1 Å². The van der Waals surface area contributed by atoms with E-state index in [1.807, 2.05) is 13.8 Å². The van der Waals surface area contributed by atoms with Crippen LogP contribution in [0.25, 0.3) is 0 Å². The molecule has 180 valence electrons. The lowest BCUT2D eigenvalue weighted by molar-refractivity contribution is -0.141. The summed E-state index contributed by atoms with van der Waals surface area (Å²) < 4.78 is 20.1. The van der Waals surface area contributed by atoms with Gasteiger partial charge in [-0.15, -0.1) is 0 Å². The maximum Gasteiger partial charge on any atom is 0.334 e. The van der Waals surface area contributed by atoms with Gasteiger partial charge in [0.25, 0.3) is 0 Å². The van der Waals surface area contributed by atoms with Crippen LogP contribution in [-0.4, -0.2) is 52.3 Å². The monoisotopic (exact) mass is 452 g/mol. The van der Waals surface area contributed by atoms with Crippen molar-refractivity contribution < 1.29 is 38.1 Å². The van der Waals surface area contributed by atoms with E-state index in [1.165, 1.54) is 28.4 Å². The minimum Gasteiger partial charge on any atom is -0.466 e. The fourth-order valence-corrected chi connectivity index (χ4v) is 4.24. The second kappa shape index (κ2) is 13.7. The zero-order valence-corrected chi connectivity index (χ0v) is 20.1. The van der Waals surface area contributed by atoms with Crippen LogP contribution in [0.4, 0.5) is 0 Å². The molecular formula is C24H36O8. The van der Waals surface area contributed by atoms with E-state index >= 15 is 0 Å². The Labute approximate surface area is 190 Å². The number of hydrogen-bond donors (Lipinski definition) is 0. The van der Waals surface area contributed by atoms with Crippen LogP contribution in [0, 0.1) is 11.8 Å². The molecule has 1 rings (SSSR count). The van der Waals surface area contributed by atoms with E-state index in [1.54, 1.807) is 0 Å². The summed E-state index contributed by atoms with van der Waals surface area (Å²) in [6, 6.07) is 0. The molecule has 0 N–H and O–H groups in total. The molecule has 0 unspecified atom stereocenters. The number of esters is 4. The summed E-state index contributed by atoms with van der Waals surface area (Å²) in [7, 11) is 5.01. The third-order valence-corrected chi connectivity index (χ3v) is 5.85. The van der Waals surface area contributed by atoms with Crippen LogP contribution in [0.3, 0.4) is 0 Å². The normalized spacial score (nSPS) is 23.6. The maximum atomic E-state index is 12.9. The number of rotatable bonds is 10. The summed E-state index contributed by atoms with van der Waals surface area (Å²) in [5.74, 6) is -3.58. The molecule has 32 heavy (non-hydrogen) atoms. The highest BCUT2D eigenvalue weighted by molar-refractivity contribution is 6.04. The summed E-state index contributed by atoms with van der Waals surface area (Å²) in [5.41, 5.74) is 0.790. The Balaban J connectivity index is 3.88. The van der Waals surface area contributed by atoms with Crippen LogP contribution in [0.1, 0.15) is 65.2 Å². The van der Waals surface area contributed by atoms with Gasteiger partial charge in [-0.1, -0.05) is 39.5 Å². The van der Waals surface area contributed by atoms with Crippen molar-refractivity contribution in [3.05, 3.63) is 22.3 Å². The third-order valence-electron chi connectivity index (χ3n) is 5.85. The van der Waals surface area contributed by atoms with Gasteiger partial charge in [0.1, 0.15) is 0 Å². The first-order valence-corrected chi connectivity index (χ1v) is 11.1. The molecule has 0 aromatic heterocycles. The first-order chi connectivity index (χ1) is 15.3. The van der Waals surface area contributed by atoms with E-state index in [9.17, 15) is 19.2 Å². The molecule has 0 fully saturated rings.